The van der Waals surface area contributed by atoms with Crippen molar-refractivity contribution in [3.63, 3.8) is 0 Å². The fourth-order valence-electron chi connectivity index (χ4n) is 3.09. The number of rotatable bonds is 7. The lowest BCUT2D eigenvalue weighted by Gasteiger charge is -2.15. The van der Waals surface area contributed by atoms with Crippen molar-refractivity contribution in [3.05, 3.63) is 47.7 Å². The summed E-state index contributed by atoms with van der Waals surface area (Å²) in [7, 11) is -1.05. The maximum Gasteiger partial charge on any atom is 0.262 e. The van der Waals surface area contributed by atoms with Gasteiger partial charge in [-0.05, 0) is 43.2 Å². The van der Waals surface area contributed by atoms with Crippen LogP contribution in [0.2, 0.25) is 0 Å². The maximum atomic E-state index is 13.2. The van der Waals surface area contributed by atoms with Crippen LogP contribution in [-0.2, 0) is 14.8 Å². The summed E-state index contributed by atoms with van der Waals surface area (Å²) in [5, 5.41) is 6.45. The fraction of sp³-hybridized carbons (Fsp3) is 0.238. The van der Waals surface area contributed by atoms with E-state index in [9.17, 15) is 13.2 Å². The molecule has 3 rings (SSSR count). The van der Waals surface area contributed by atoms with Gasteiger partial charge in [0.05, 0.1) is 36.1 Å². The van der Waals surface area contributed by atoms with Crippen LogP contribution in [-0.4, -0.2) is 33.7 Å². The Kier molecular flexibility index (Phi) is 6.21. The smallest absolute Gasteiger partial charge is 0.262 e. The van der Waals surface area contributed by atoms with E-state index in [0.717, 1.165) is 0 Å². The Morgan fingerprint density at radius 1 is 1.06 bits per heavy atom. The summed E-state index contributed by atoms with van der Waals surface area (Å²) in [6.45, 7) is 4.74. The second-order valence-corrected chi connectivity index (χ2v) is 8.46. The standard InChI is InChI=1S/C21H23N3O6S/c1-12-6-7-15(20-13(2)23-30-21(20)22-14(3)25)10-19(12)31(26,27)24-17-11-16(28-4)8-9-18(17)29-5/h6-11,24H,1-5H3,(H,22,25). The van der Waals surface area contributed by atoms with Gasteiger partial charge in [-0.3, -0.25) is 14.8 Å². The lowest BCUT2D eigenvalue weighted by molar-refractivity contribution is -0.114. The van der Waals surface area contributed by atoms with Gasteiger partial charge in [0.1, 0.15) is 11.5 Å². The average molecular weight is 445 g/mol. The van der Waals surface area contributed by atoms with E-state index in [1.165, 1.54) is 33.3 Å². The molecule has 9 nitrogen and oxygen atoms in total. The van der Waals surface area contributed by atoms with E-state index in [2.05, 4.69) is 15.2 Å². The molecule has 0 saturated carbocycles. The first-order valence-electron chi connectivity index (χ1n) is 9.26. The van der Waals surface area contributed by atoms with Crippen molar-refractivity contribution in [3.8, 4) is 22.6 Å². The van der Waals surface area contributed by atoms with E-state index in [4.69, 9.17) is 14.0 Å². The summed E-state index contributed by atoms with van der Waals surface area (Å²) in [4.78, 5) is 11.5. The van der Waals surface area contributed by atoms with Crippen molar-refractivity contribution in [2.24, 2.45) is 0 Å². The Labute approximate surface area is 180 Å². The number of hydrogen-bond acceptors (Lipinski definition) is 7. The summed E-state index contributed by atoms with van der Waals surface area (Å²) < 4.78 is 44.7. The van der Waals surface area contributed by atoms with Crippen LogP contribution in [0.3, 0.4) is 0 Å². The minimum atomic E-state index is -3.99. The number of carbonyl (C=O) groups excluding carboxylic acids is 1. The van der Waals surface area contributed by atoms with Gasteiger partial charge in [-0.25, -0.2) is 8.42 Å². The summed E-state index contributed by atoms with van der Waals surface area (Å²) in [6.07, 6.45) is 0. The molecule has 2 N–H and O–H groups in total. The normalized spacial score (nSPS) is 11.1. The maximum absolute atomic E-state index is 13.2. The number of aryl methyl sites for hydroxylation is 2. The summed E-state index contributed by atoms with van der Waals surface area (Å²) in [6, 6.07) is 9.74. The number of amides is 1. The number of hydrogen-bond donors (Lipinski definition) is 2. The lowest BCUT2D eigenvalue weighted by atomic mass is 10.0. The van der Waals surface area contributed by atoms with Crippen LogP contribution in [0.5, 0.6) is 11.5 Å². The van der Waals surface area contributed by atoms with Gasteiger partial charge in [-0.2, -0.15) is 0 Å². The van der Waals surface area contributed by atoms with Gasteiger partial charge in [0.25, 0.3) is 10.0 Å². The number of nitrogens with one attached hydrogen (secondary N) is 2. The van der Waals surface area contributed by atoms with Crippen molar-refractivity contribution in [1.82, 2.24) is 5.16 Å². The molecule has 1 amide bonds. The zero-order chi connectivity index (χ0) is 22.8. The van der Waals surface area contributed by atoms with Gasteiger partial charge >= 0.3 is 0 Å². The Morgan fingerprint density at radius 3 is 2.45 bits per heavy atom. The molecule has 0 aliphatic carbocycles. The molecule has 0 atom stereocenters. The van der Waals surface area contributed by atoms with E-state index < -0.39 is 10.0 Å². The molecular formula is C21H23N3O6S. The van der Waals surface area contributed by atoms with Gasteiger partial charge in [-0.1, -0.05) is 17.3 Å². The van der Waals surface area contributed by atoms with Crippen LogP contribution in [0, 0.1) is 13.8 Å². The molecule has 2 aromatic carbocycles. The van der Waals surface area contributed by atoms with Crippen molar-refractivity contribution < 1.29 is 27.2 Å². The number of aromatic nitrogens is 1. The number of nitrogens with zero attached hydrogens (tertiary/aromatic N) is 1. The van der Waals surface area contributed by atoms with Crippen molar-refractivity contribution in [1.29, 1.82) is 0 Å². The molecule has 0 bridgehead atoms. The number of sulfonamides is 1. The van der Waals surface area contributed by atoms with Gasteiger partial charge in [0.15, 0.2) is 0 Å². The van der Waals surface area contributed by atoms with E-state index in [0.29, 0.717) is 33.9 Å². The Balaban J connectivity index is 2.07. The first-order chi connectivity index (χ1) is 14.7. The van der Waals surface area contributed by atoms with Crippen LogP contribution in [0.1, 0.15) is 18.2 Å². The average Bonchev–Trinajstić information content (AvgIpc) is 3.07. The van der Waals surface area contributed by atoms with Crippen LogP contribution in [0.15, 0.2) is 45.8 Å². The van der Waals surface area contributed by atoms with Gasteiger partial charge in [0, 0.05) is 13.0 Å². The third kappa shape index (κ3) is 4.64. The predicted octanol–water partition coefficient (Wildman–Crippen LogP) is 3.73. The molecule has 0 saturated heterocycles. The van der Waals surface area contributed by atoms with Crippen LogP contribution in [0.4, 0.5) is 11.6 Å². The van der Waals surface area contributed by atoms with E-state index in [1.807, 2.05) is 0 Å². The minimum Gasteiger partial charge on any atom is -0.497 e. The highest BCUT2D eigenvalue weighted by atomic mass is 32.2. The number of carbonyl (C=O) groups is 1. The molecule has 31 heavy (non-hydrogen) atoms. The second kappa shape index (κ2) is 8.68. The largest absolute Gasteiger partial charge is 0.497 e. The summed E-state index contributed by atoms with van der Waals surface area (Å²) in [5.41, 5.74) is 2.33. The molecule has 1 aromatic heterocycles. The molecule has 0 fully saturated rings. The molecule has 164 valence electrons. The first-order valence-corrected chi connectivity index (χ1v) is 10.7. The summed E-state index contributed by atoms with van der Waals surface area (Å²) >= 11 is 0. The Bertz CT molecular complexity index is 1230. The predicted molar refractivity (Wildman–Crippen MR) is 116 cm³/mol. The zero-order valence-electron chi connectivity index (χ0n) is 17.8. The van der Waals surface area contributed by atoms with Gasteiger partial charge in [-0.15, -0.1) is 0 Å². The molecule has 0 aliphatic heterocycles. The van der Waals surface area contributed by atoms with Crippen molar-refractivity contribution >= 4 is 27.5 Å². The molecule has 3 aromatic rings. The SMILES string of the molecule is COc1ccc(OC)c(NS(=O)(=O)c2cc(-c3c(C)noc3NC(C)=O)ccc2C)c1. The second-order valence-electron chi connectivity index (χ2n) is 6.81. The van der Waals surface area contributed by atoms with E-state index >= 15 is 0 Å². The lowest BCUT2D eigenvalue weighted by Crippen LogP contribution is -2.15. The third-order valence-electron chi connectivity index (χ3n) is 4.57. The molecule has 10 heteroatoms. The zero-order valence-corrected chi connectivity index (χ0v) is 18.6. The van der Waals surface area contributed by atoms with Gasteiger partial charge in [0.2, 0.25) is 11.8 Å². The molecule has 0 aliphatic rings. The number of methoxy groups -OCH3 is 2. The van der Waals surface area contributed by atoms with Crippen LogP contribution < -0.4 is 19.5 Å². The van der Waals surface area contributed by atoms with Gasteiger partial charge < -0.3 is 14.0 Å². The Morgan fingerprint density at radius 2 is 1.81 bits per heavy atom. The molecule has 0 radical (unpaired) electrons. The quantitative estimate of drug-likeness (QED) is 0.568. The van der Waals surface area contributed by atoms with Crippen molar-refractivity contribution in [2.45, 2.75) is 25.7 Å². The molecular weight excluding hydrogens is 422 g/mol. The number of anilines is 2. The topological polar surface area (TPSA) is 120 Å². The highest BCUT2D eigenvalue weighted by Crippen LogP contribution is 2.35. The van der Waals surface area contributed by atoms with Crippen molar-refractivity contribution in [2.75, 3.05) is 24.3 Å². The van der Waals surface area contributed by atoms with E-state index in [-0.39, 0.29) is 22.4 Å². The highest BCUT2D eigenvalue weighted by molar-refractivity contribution is 7.92. The summed E-state index contributed by atoms with van der Waals surface area (Å²) in [5.74, 6) is 0.647. The van der Waals surface area contributed by atoms with Crippen LogP contribution in [0.25, 0.3) is 11.1 Å². The van der Waals surface area contributed by atoms with Crippen LogP contribution >= 0.6 is 0 Å². The first kappa shape index (κ1) is 22.2. The fourth-order valence-corrected chi connectivity index (χ4v) is 4.43. The Hall–Kier alpha value is -3.53. The number of benzene rings is 2. The third-order valence-corrected chi connectivity index (χ3v) is 6.08. The molecule has 0 unspecified atom stereocenters. The minimum absolute atomic E-state index is 0.0595. The molecule has 0 spiro atoms. The highest BCUT2D eigenvalue weighted by Gasteiger charge is 2.23. The molecule has 1 heterocycles. The van der Waals surface area contributed by atoms with E-state index in [1.54, 1.807) is 38.1 Å². The number of ether oxygens (including phenoxy) is 2. The monoisotopic (exact) mass is 445 g/mol.